The normalized spacial score (nSPS) is 10.6. The smallest absolute Gasteiger partial charge is 0.305 e. The van der Waals surface area contributed by atoms with Gasteiger partial charge in [0.2, 0.25) is 0 Å². The monoisotopic (exact) mass is 320 g/mol. The largest absolute Gasteiger partial charge is 0.466 e. The van der Waals surface area contributed by atoms with E-state index in [4.69, 9.17) is 4.74 Å². The third-order valence-corrected chi connectivity index (χ3v) is 3.63. The first kappa shape index (κ1) is 17.9. The van der Waals surface area contributed by atoms with Gasteiger partial charge in [-0.3, -0.25) is 4.79 Å². The molecule has 0 N–H and O–H groups in total. The van der Waals surface area contributed by atoms with Crippen LogP contribution in [0.2, 0.25) is 0 Å². The van der Waals surface area contributed by atoms with Crippen LogP contribution in [-0.4, -0.2) is 17.9 Å². The molecule has 0 saturated heterocycles. The quantitative estimate of drug-likeness (QED) is 0.263. The number of hydrogen-bond acceptors (Lipinski definition) is 2. The lowest BCUT2D eigenvalue weighted by atomic mass is 10.1. The van der Waals surface area contributed by atoms with Gasteiger partial charge in [-0.1, -0.05) is 67.3 Å². The van der Waals surface area contributed by atoms with E-state index in [1.165, 1.54) is 57.8 Å². The van der Waals surface area contributed by atoms with Crippen LogP contribution < -0.4 is 0 Å². The Kier molecular flexibility index (Phi) is 15.0. The topological polar surface area (TPSA) is 26.3 Å². The summed E-state index contributed by atoms with van der Waals surface area (Å²) in [6.45, 7) is 2.36. The van der Waals surface area contributed by atoms with E-state index in [-0.39, 0.29) is 5.97 Å². The van der Waals surface area contributed by atoms with Crippen molar-refractivity contribution in [3.05, 3.63) is 0 Å². The third-order valence-electron chi connectivity index (χ3n) is 3.07. The summed E-state index contributed by atoms with van der Waals surface area (Å²) in [5.74, 6) is -0.0377. The Bertz CT molecular complexity index is 183. The molecule has 0 atom stereocenters. The van der Waals surface area contributed by atoms with Gasteiger partial charge in [-0.15, -0.1) is 0 Å². The van der Waals surface area contributed by atoms with Gasteiger partial charge in [-0.25, -0.2) is 0 Å². The molecule has 108 valence electrons. The van der Waals surface area contributed by atoms with E-state index in [1.54, 1.807) is 0 Å². The minimum Gasteiger partial charge on any atom is -0.466 e. The summed E-state index contributed by atoms with van der Waals surface area (Å²) < 4.78 is 4.89. The summed E-state index contributed by atoms with van der Waals surface area (Å²) in [5.41, 5.74) is 0. The van der Waals surface area contributed by atoms with Crippen molar-refractivity contribution in [1.29, 1.82) is 0 Å². The molecule has 0 aromatic carbocycles. The van der Waals surface area contributed by atoms with Gasteiger partial charge in [-0.05, 0) is 19.8 Å². The van der Waals surface area contributed by atoms with Crippen LogP contribution in [0, 0.1) is 0 Å². The number of alkyl halides is 1. The molecule has 0 saturated carbocycles. The maximum atomic E-state index is 11.1. The van der Waals surface area contributed by atoms with Crippen molar-refractivity contribution in [2.24, 2.45) is 0 Å². The van der Waals surface area contributed by atoms with Crippen molar-refractivity contribution in [3.63, 3.8) is 0 Å². The molecule has 0 radical (unpaired) electrons. The number of halogens is 1. The van der Waals surface area contributed by atoms with Crippen molar-refractivity contribution in [2.45, 2.75) is 77.6 Å². The fourth-order valence-corrected chi connectivity index (χ4v) is 2.41. The predicted molar refractivity (Wildman–Crippen MR) is 81.2 cm³/mol. The molecule has 0 fully saturated rings. The minimum absolute atomic E-state index is 0.0377. The van der Waals surface area contributed by atoms with Gasteiger partial charge in [0, 0.05) is 11.8 Å². The van der Waals surface area contributed by atoms with E-state index in [9.17, 15) is 4.79 Å². The summed E-state index contributed by atoms with van der Waals surface area (Å²) in [5, 5.41) is 1.15. The lowest BCUT2D eigenvalue weighted by Crippen LogP contribution is -2.03. The number of esters is 1. The van der Waals surface area contributed by atoms with Crippen LogP contribution in [0.25, 0.3) is 0 Å². The predicted octanol–water partition coefficient (Wildman–Crippen LogP) is 5.24. The highest BCUT2D eigenvalue weighted by Crippen LogP contribution is 2.11. The SMILES string of the molecule is CCOC(=O)CCCCCCCCCCCCBr. The van der Waals surface area contributed by atoms with E-state index >= 15 is 0 Å². The third kappa shape index (κ3) is 14.0. The number of ether oxygens (including phenoxy) is 1. The fraction of sp³-hybridized carbons (Fsp3) is 0.933. The van der Waals surface area contributed by atoms with E-state index in [0.717, 1.165) is 11.8 Å². The standard InChI is InChI=1S/C15H29BrO2/c1-2-18-15(17)13-11-9-7-5-3-4-6-8-10-12-14-16/h2-14H2,1H3. The molecule has 0 amide bonds. The van der Waals surface area contributed by atoms with E-state index < -0.39 is 0 Å². The Morgan fingerprint density at radius 2 is 1.28 bits per heavy atom. The average Bonchev–Trinajstić information content (AvgIpc) is 2.36. The second-order valence-corrected chi connectivity index (χ2v) is 5.57. The molecule has 0 rings (SSSR count). The van der Waals surface area contributed by atoms with Gasteiger partial charge in [0.15, 0.2) is 0 Å². The van der Waals surface area contributed by atoms with Crippen molar-refractivity contribution in [2.75, 3.05) is 11.9 Å². The molecule has 0 bridgehead atoms. The molecular formula is C15H29BrO2. The molecule has 0 aromatic heterocycles. The first-order valence-electron chi connectivity index (χ1n) is 7.52. The summed E-state index contributed by atoms with van der Waals surface area (Å²) in [7, 11) is 0. The molecule has 0 aliphatic carbocycles. The lowest BCUT2D eigenvalue weighted by Gasteiger charge is -2.03. The van der Waals surface area contributed by atoms with Crippen LogP contribution >= 0.6 is 15.9 Å². The van der Waals surface area contributed by atoms with Crippen molar-refractivity contribution < 1.29 is 9.53 Å². The molecule has 0 heterocycles. The Labute approximate surface area is 121 Å². The van der Waals surface area contributed by atoms with Crippen molar-refractivity contribution >= 4 is 21.9 Å². The van der Waals surface area contributed by atoms with Gasteiger partial charge in [-0.2, -0.15) is 0 Å². The highest BCUT2D eigenvalue weighted by molar-refractivity contribution is 9.09. The maximum absolute atomic E-state index is 11.1. The van der Waals surface area contributed by atoms with Gasteiger partial charge in [0.05, 0.1) is 6.61 Å². The molecule has 2 nitrogen and oxygen atoms in total. The van der Waals surface area contributed by atoms with Crippen LogP contribution in [0.4, 0.5) is 0 Å². The Morgan fingerprint density at radius 1 is 0.833 bits per heavy atom. The number of carbonyl (C=O) groups is 1. The zero-order valence-corrected chi connectivity index (χ0v) is 13.5. The highest BCUT2D eigenvalue weighted by Gasteiger charge is 2.00. The number of hydrogen-bond donors (Lipinski definition) is 0. The zero-order valence-electron chi connectivity index (χ0n) is 11.9. The van der Waals surface area contributed by atoms with Crippen LogP contribution in [0.15, 0.2) is 0 Å². The molecule has 0 aromatic rings. The van der Waals surface area contributed by atoms with E-state index in [0.29, 0.717) is 13.0 Å². The summed E-state index contributed by atoms with van der Waals surface area (Å²) >= 11 is 3.45. The molecule has 3 heteroatoms. The Morgan fingerprint density at radius 3 is 1.72 bits per heavy atom. The summed E-state index contributed by atoms with van der Waals surface area (Å²) in [4.78, 5) is 11.1. The molecule has 0 aliphatic rings. The number of rotatable bonds is 13. The van der Waals surface area contributed by atoms with Crippen molar-refractivity contribution in [1.82, 2.24) is 0 Å². The first-order valence-corrected chi connectivity index (χ1v) is 8.65. The second-order valence-electron chi connectivity index (χ2n) is 4.78. The number of carbonyl (C=O) groups excluding carboxylic acids is 1. The van der Waals surface area contributed by atoms with E-state index in [2.05, 4.69) is 15.9 Å². The first-order chi connectivity index (χ1) is 8.81. The van der Waals surface area contributed by atoms with Crippen molar-refractivity contribution in [3.8, 4) is 0 Å². The molecular weight excluding hydrogens is 292 g/mol. The number of unbranched alkanes of at least 4 members (excludes halogenated alkanes) is 9. The Balaban J connectivity index is 3.01. The molecule has 0 spiro atoms. The molecule has 0 unspecified atom stereocenters. The van der Waals surface area contributed by atoms with Gasteiger partial charge in [0.25, 0.3) is 0 Å². The average molecular weight is 321 g/mol. The van der Waals surface area contributed by atoms with Crippen LogP contribution in [0.1, 0.15) is 77.6 Å². The highest BCUT2D eigenvalue weighted by atomic mass is 79.9. The lowest BCUT2D eigenvalue weighted by molar-refractivity contribution is -0.143. The summed E-state index contributed by atoms with van der Waals surface area (Å²) in [6, 6.07) is 0. The molecule has 0 aliphatic heterocycles. The zero-order chi connectivity index (χ0) is 13.5. The van der Waals surface area contributed by atoms with Crippen LogP contribution in [0.3, 0.4) is 0 Å². The molecule has 18 heavy (non-hydrogen) atoms. The van der Waals surface area contributed by atoms with Crippen LogP contribution in [-0.2, 0) is 9.53 Å². The minimum atomic E-state index is -0.0377. The van der Waals surface area contributed by atoms with Gasteiger partial charge >= 0.3 is 5.97 Å². The maximum Gasteiger partial charge on any atom is 0.305 e. The second kappa shape index (κ2) is 15.0. The van der Waals surface area contributed by atoms with Gasteiger partial charge < -0.3 is 4.74 Å². The van der Waals surface area contributed by atoms with Crippen LogP contribution in [0.5, 0.6) is 0 Å². The summed E-state index contributed by atoms with van der Waals surface area (Å²) in [6.07, 6.45) is 13.5. The Hall–Kier alpha value is -0.0500. The van der Waals surface area contributed by atoms with E-state index in [1.807, 2.05) is 6.92 Å². The van der Waals surface area contributed by atoms with Gasteiger partial charge in [0.1, 0.15) is 0 Å². The fourth-order valence-electron chi connectivity index (χ4n) is 2.01.